The topological polar surface area (TPSA) is 55.7 Å². The SMILES string of the molecule is CCCN1CCC(NC(C)c2cc(O)cc(O)c2)CC1. The summed E-state index contributed by atoms with van der Waals surface area (Å²) in [6.07, 6.45) is 3.54. The van der Waals surface area contributed by atoms with Crippen molar-refractivity contribution in [2.24, 2.45) is 0 Å². The molecule has 0 spiro atoms. The summed E-state index contributed by atoms with van der Waals surface area (Å²) in [5.41, 5.74) is 0.929. The number of rotatable bonds is 5. The molecule has 1 saturated heterocycles. The Morgan fingerprint density at radius 3 is 2.35 bits per heavy atom. The third-order valence-corrected chi connectivity index (χ3v) is 4.04. The van der Waals surface area contributed by atoms with Gasteiger partial charge in [0.2, 0.25) is 0 Å². The van der Waals surface area contributed by atoms with Gasteiger partial charge in [-0.15, -0.1) is 0 Å². The molecule has 0 radical (unpaired) electrons. The van der Waals surface area contributed by atoms with Gasteiger partial charge in [-0.3, -0.25) is 0 Å². The molecule has 2 rings (SSSR count). The summed E-state index contributed by atoms with van der Waals surface area (Å²) >= 11 is 0. The molecule has 3 N–H and O–H groups in total. The molecule has 112 valence electrons. The lowest BCUT2D eigenvalue weighted by Crippen LogP contribution is -2.43. The van der Waals surface area contributed by atoms with Gasteiger partial charge in [0, 0.05) is 18.2 Å². The second kappa shape index (κ2) is 6.95. The van der Waals surface area contributed by atoms with E-state index in [0.29, 0.717) is 6.04 Å². The lowest BCUT2D eigenvalue weighted by molar-refractivity contribution is 0.192. The van der Waals surface area contributed by atoms with E-state index in [2.05, 4.69) is 24.1 Å². The van der Waals surface area contributed by atoms with Crippen molar-refractivity contribution in [1.29, 1.82) is 0 Å². The number of hydrogen-bond donors (Lipinski definition) is 3. The summed E-state index contributed by atoms with van der Waals surface area (Å²) in [4.78, 5) is 2.52. The van der Waals surface area contributed by atoms with Crippen molar-refractivity contribution in [2.45, 2.75) is 45.2 Å². The first kappa shape index (κ1) is 15.1. The molecule has 1 aromatic rings. The predicted octanol–water partition coefficient (Wildman–Crippen LogP) is 2.62. The zero-order chi connectivity index (χ0) is 14.5. The van der Waals surface area contributed by atoms with Gasteiger partial charge in [-0.1, -0.05) is 6.92 Å². The van der Waals surface area contributed by atoms with Crippen molar-refractivity contribution in [2.75, 3.05) is 19.6 Å². The van der Waals surface area contributed by atoms with E-state index in [0.717, 1.165) is 31.5 Å². The van der Waals surface area contributed by atoms with Gasteiger partial charge in [-0.2, -0.15) is 0 Å². The van der Waals surface area contributed by atoms with Crippen LogP contribution >= 0.6 is 0 Å². The van der Waals surface area contributed by atoms with Crippen molar-refractivity contribution in [1.82, 2.24) is 10.2 Å². The first-order valence-electron chi connectivity index (χ1n) is 7.59. The van der Waals surface area contributed by atoms with Gasteiger partial charge in [-0.05, 0) is 63.5 Å². The summed E-state index contributed by atoms with van der Waals surface area (Å²) in [6, 6.07) is 5.44. The first-order valence-corrected chi connectivity index (χ1v) is 7.59. The zero-order valence-electron chi connectivity index (χ0n) is 12.5. The Bertz CT molecular complexity index is 408. The highest BCUT2D eigenvalue weighted by molar-refractivity contribution is 5.37. The van der Waals surface area contributed by atoms with Crippen LogP contribution in [0.4, 0.5) is 0 Å². The van der Waals surface area contributed by atoms with Gasteiger partial charge in [0.15, 0.2) is 0 Å². The van der Waals surface area contributed by atoms with Crippen LogP contribution < -0.4 is 5.32 Å². The van der Waals surface area contributed by atoms with E-state index in [1.165, 1.54) is 19.0 Å². The molecule has 0 saturated carbocycles. The monoisotopic (exact) mass is 278 g/mol. The fraction of sp³-hybridized carbons (Fsp3) is 0.625. The molecule has 1 aliphatic rings. The number of likely N-dealkylation sites (tertiary alicyclic amines) is 1. The Kier molecular flexibility index (Phi) is 5.26. The van der Waals surface area contributed by atoms with Crippen molar-refractivity contribution in [3.8, 4) is 11.5 Å². The maximum absolute atomic E-state index is 9.55. The Morgan fingerprint density at radius 1 is 1.20 bits per heavy atom. The third kappa shape index (κ3) is 4.12. The van der Waals surface area contributed by atoms with Crippen LogP contribution in [0, 0.1) is 0 Å². The minimum Gasteiger partial charge on any atom is -0.508 e. The normalized spacial score (nSPS) is 19.1. The first-order chi connectivity index (χ1) is 9.58. The number of phenolic OH excluding ortho intramolecular Hbond substituents is 2. The van der Waals surface area contributed by atoms with Crippen molar-refractivity contribution in [3.63, 3.8) is 0 Å². The molecule has 1 aliphatic heterocycles. The summed E-state index contributed by atoms with van der Waals surface area (Å²) in [7, 11) is 0. The number of hydrogen-bond acceptors (Lipinski definition) is 4. The molecule has 0 amide bonds. The molecular weight excluding hydrogens is 252 g/mol. The standard InChI is InChI=1S/C16H26N2O2/c1-3-6-18-7-4-14(5-8-18)17-12(2)13-9-15(19)11-16(20)10-13/h9-12,14,17,19-20H,3-8H2,1-2H3. The highest BCUT2D eigenvalue weighted by Gasteiger charge is 2.20. The number of aromatic hydroxyl groups is 2. The number of benzene rings is 1. The maximum atomic E-state index is 9.55. The molecule has 1 unspecified atom stereocenters. The quantitative estimate of drug-likeness (QED) is 0.775. The van der Waals surface area contributed by atoms with Crippen LogP contribution in [0.3, 0.4) is 0 Å². The molecule has 0 bridgehead atoms. The Morgan fingerprint density at radius 2 is 1.80 bits per heavy atom. The third-order valence-electron chi connectivity index (χ3n) is 4.04. The minimum atomic E-state index is 0.117. The van der Waals surface area contributed by atoms with E-state index in [-0.39, 0.29) is 17.5 Å². The smallest absolute Gasteiger partial charge is 0.119 e. The summed E-state index contributed by atoms with van der Waals surface area (Å²) in [5.74, 6) is 0.234. The average Bonchev–Trinajstić information content (AvgIpc) is 2.40. The Hall–Kier alpha value is -1.26. The molecule has 1 fully saturated rings. The van der Waals surface area contributed by atoms with Crippen molar-refractivity contribution < 1.29 is 10.2 Å². The Labute approximate surface area is 121 Å². The van der Waals surface area contributed by atoms with Crippen LogP contribution in [0.25, 0.3) is 0 Å². The fourth-order valence-electron chi connectivity index (χ4n) is 2.96. The van der Waals surface area contributed by atoms with E-state index in [4.69, 9.17) is 0 Å². The van der Waals surface area contributed by atoms with E-state index >= 15 is 0 Å². The number of nitrogens with zero attached hydrogens (tertiary/aromatic N) is 1. The largest absolute Gasteiger partial charge is 0.508 e. The maximum Gasteiger partial charge on any atom is 0.119 e. The highest BCUT2D eigenvalue weighted by atomic mass is 16.3. The van der Waals surface area contributed by atoms with Crippen LogP contribution in [0.15, 0.2) is 18.2 Å². The number of phenols is 2. The molecule has 4 nitrogen and oxygen atoms in total. The second-order valence-corrected chi connectivity index (χ2v) is 5.79. The molecule has 0 aliphatic carbocycles. The summed E-state index contributed by atoms with van der Waals surface area (Å²) in [6.45, 7) is 7.81. The van der Waals surface area contributed by atoms with Gasteiger partial charge in [-0.25, -0.2) is 0 Å². The predicted molar refractivity (Wildman–Crippen MR) is 81.1 cm³/mol. The summed E-state index contributed by atoms with van der Waals surface area (Å²) in [5, 5.41) is 22.7. The van der Waals surface area contributed by atoms with Crippen LogP contribution in [-0.4, -0.2) is 40.8 Å². The number of nitrogens with one attached hydrogen (secondary N) is 1. The zero-order valence-corrected chi connectivity index (χ0v) is 12.5. The molecule has 1 aromatic carbocycles. The summed E-state index contributed by atoms with van der Waals surface area (Å²) < 4.78 is 0. The van der Waals surface area contributed by atoms with Gasteiger partial charge >= 0.3 is 0 Å². The van der Waals surface area contributed by atoms with E-state index < -0.39 is 0 Å². The number of piperidine rings is 1. The lowest BCUT2D eigenvalue weighted by atomic mass is 10.0. The average molecular weight is 278 g/mol. The van der Waals surface area contributed by atoms with Crippen LogP contribution in [0.5, 0.6) is 11.5 Å². The molecule has 1 atom stereocenters. The van der Waals surface area contributed by atoms with E-state index in [1.807, 2.05) is 0 Å². The van der Waals surface area contributed by atoms with E-state index in [9.17, 15) is 10.2 Å². The van der Waals surface area contributed by atoms with Crippen LogP contribution in [0.2, 0.25) is 0 Å². The molecular formula is C16H26N2O2. The van der Waals surface area contributed by atoms with Gasteiger partial charge in [0.25, 0.3) is 0 Å². The van der Waals surface area contributed by atoms with Crippen molar-refractivity contribution >= 4 is 0 Å². The van der Waals surface area contributed by atoms with Gasteiger partial charge < -0.3 is 20.4 Å². The lowest BCUT2D eigenvalue weighted by Gasteiger charge is -2.33. The highest BCUT2D eigenvalue weighted by Crippen LogP contribution is 2.25. The van der Waals surface area contributed by atoms with Gasteiger partial charge in [0.05, 0.1) is 0 Å². The Balaban J connectivity index is 1.87. The molecule has 0 aromatic heterocycles. The second-order valence-electron chi connectivity index (χ2n) is 5.79. The fourth-order valence-corrected chi connectivity index (χ4v) is 2.96. The minimum absolute atomic E-state index is 0.117. The molecule has 1 heterocycles. The molecule has 20 heavy (non-hydrogen) atoms. The van der Waals surface area contributed by atoms with Crippen molar-refractivity contribution in [3.05, 3.63) is 23.8 Å². The molecule has 4 heteroatoms. The van der Waals surface area contributed by atoms with Gasteiger partial charge in [0.1, 0.15) is 11.5 Å². The van der Waals surface area contributed by atoms with Crippen LogP contribution in [-0.2, 0) is 0 Å². The van der Waals surface area contributed by atoms with E-state index in [1.54, 1.807) is 12.1 Å². The van der Waals surface area contributed by atoms with Crippen LogP contribution in [0.1, 0.15) is 44.7 Å².